The quantitative estimate of drug-likeness (QED) is 0.346. The summed E-state index contributed by atoms with van der Waals surface area (Å²) in [4.78, 5) is 0. The standard InChI is InChI=1S/C27H31N2/c1-3-5-9-23-18-24(4-2)27(19-23)25-14-12-22(13-15-25)20-28-16-17-29(21-28)26-10-7-6-8-11-26/h4-17,21,23-24,27H,2-3,18-20H2,1H3/q+1/b9-5+/t23-,24+,27?/m0/s1. The minimum atomic E-state index is 0.585. The summed E-state index contributed by atoms with van der Waals surface area (Å²) < 4.78 is 4.39. The van der Waals surface area contributed by atoms with Gasteiger partial charge in [0.05, 0.1) is 0 Å². The van der Waals surface area contributed by atoms with Gasteiger partial charge in [-0.05, 0) is 60.3 Å². The molecule has 0 aliphatic heterocycles. The van der Waals surface area contributed by atoms with Gasteiger partial charge >= 0.3 is 0 Å². The molecule has 0 radical (unpaired) electrons. The molecule has 1 aliphatic rings. The maximum atomic E-state index is 4.10. The first-order chi connectivity index (χ1) is 14.3. The molecule has 2 aromatic carbocycles. The molecule has 0 bridgehead atoms. The number of aromatic nitrogens is 2. The second kappa shape index (κ2) is 9.09. The molecule has 1 fully saturated rings. The molecule has 0 spiro atoms. The average Bonchev–Trinajstić information content (AvgIpc) is 3.40. The number of rotatable bonds is 7. The zero-order valence-corrected chi connectivity index (χ0v) is 17.3. The summed E-state index contributed by atoms with van der Waals surface area (Å²) >= 11 is 0. The van der Waals surface area contributed by atoms with Gasteiger partial charge in [-0.3, -0.25) is 0 Å². The van der Waals surface area contributed by atoms with E-state index in [-0.39, 0.29) is 0 Å². The minimum absolute atomic E-state index is 0.585. The lowest BCUT2D eigenvalue weighted by molar-refractivity contribution is -0.687. The molecule has 1 unspecified atom stereocenters. The number of para-hydroxylation sites is 1. The molecule has 1 heterocycles. The van der Waals surface area contributed by atoms with Gasteiger partial charge in [0.1, 0.15) is 24.6 Å². The third-order valence-electron chi connectivity index (χ3n) is 6.11. The van der Waals surface area contributed by atoms with Crippen LogP contribution in [0.15, 0.2) is 98.1 Å². The van der Waals surface area contributed by atoms with Crippen LogP contribution in [0, 0.1) is 11.8 Å². The second-order valence-corrected chi connectivity index (χ2v) is 8.14. The Morgan fingerprint density at radius 3 is 2.59 bits per heavy atom. The van der Waals surface area contributed by atoms with Crippen molar-refractivity contribution in [3.63, 3.8) is 0 Å². The number of imidazole rings is 1. The van der Waals surface area contributed by atoms with Crippen LogP contribution in [0.4, 0.5) is 0 Å². The molecule has 0 amide bonds. The van der Waals surface area contributed by atoms with E-state index in [4.69, 9.17) is 0 Å². The highest BCUT2D eigenvalue weighted by Crippen LogP contribution is 2.44. The maximum absolute atomic E-state index is 4.10. The summed E-state index contributed by atoms with van der Waals surface area (Å²) in [6.07, 6.45) is 16.9. The minimum Gasteiger partial charge on any atom is -0.232 e. The van der Waals surface area contributed by atoms with Gasteiger partial charge in [-0.1, -0.05) is 67.6 Å². The molecule has 1 saturated carbocycles. The van der Waals surface area contributed by atoms with Crippen LogP contribution in [0.5, 0.6) is 0 Å². The normalized spacial score (nSPS) is 21.6. The molecule has 3 aromatic rings. The van der Waals surface area contributed by atoms with Crippen LogP contribution >= 0.6 is 0 Å². The van der Waals surface area contributed by atoms with E-state index in [2.05, 4.69) is 108 Å². The van der Waals surface area contributed by atoms with Gasteiger partial charge in [0.25, 0.3) is 0 Å². The molecule has 3 atom stereocenters. The fourth-order valence-electron chi connectivity index (χ4n) is 4.56. The van der Waals surface area contributed by atoms with Crippen LogP contribution in [0.3, 0.4) is 0 Å². The van der Waals surface area contributed by atoms with E-state index in [9.17, 15) is 0 Å². The Kier molecular flexibility index (Phi) is 6.09. The summed E-state index contributed by atoms with van der Waals surface area (Å²) in [6.45, 7) is 7.20. The van der Waals surface area contributed by atoms with Crippen molar-refractivity contribution in [3.05, 3.63) is 109 Å². The van der Waals surface area contributed by atoms with Crippen LogP contribution in [0.2, 0.25) is 0 Å². The van der Waals surface area contributed by atoms with Crippen molar-refractivity contribution in [2.24, 2.45) is 11.8 Å². The Hall–Kier alpha value is -2.87. The highest BCUT2D eigenvalue weighted by Gasteiger charge is 2.31. The van der Waals surface area contributed by atoms with Crippen molar-refractivity contribution in [2.45, 2.75) is 38.6 Å². The van der Waals surface area contributed by atoms with Gasteiger partial charge in [-0.15, -0.1) is 6.58 Å². The number of nitrogens with zero attached hydrogens (tertiary/aromatic N) is 2. The first kappa shape index (κ1) is 19.4. The molecule has 0 saturated heterocycles. The lowest BCUT2D eigenvalue weighted by Crippen LogP contribution is -2.31. The fourth-order valence-corrected chi connectivity index (χ4v) is 4.56. The molecule has 0 N–H and O–H groups in total. The van der Waals surface area contributed by atoms with Gasteiger partial charge < -0.3 is 0 Å². The monoisotopic (exact) mass is 383 g/mol. The van der Waals surface area contributed by atoms with Crippen LogP contribution in [-0.4, -0.2) is 4.57 Å². The molecule has 4 rings (SSSR count). The summed E-state index contributed by atoms with van der Waals surface area (Å²) in [5.74, 6) is 1.87. The van der Waals surface area contributed by atoms with E-state index >= 15 is 0 Å². The molecule has 29 heavy (non-hydrogen) atoms. The maximum Gasteiger partial charge on any atom is 0.249 e. The van der Waals surface area contributed by atoms with Crippen molar-refractivity contribution in [3.8, 4) is 5.69 Å². The Bertz CT molecular complexity index is 950. The Morgan fingerprint density at radius 2 is 1.86 bits per heavy atom. The highest BCUT2D eigenvalue weighted by atomic mass is 15.1. The predicted octanol–water partition coefficient (Wildman–Crippen LogP) is 6.08. The van der Waals surface area contributed by atoms with Crippen LogP contribution in [-0.2, 0) is 6.54 Å². The van der Waals surface area contributed by atoms with Gasteiger partial charge in [0.15, 0.2) is 0 Å². The van der Waals surface area contributed by atoms with E-state index in [1.165, 1.54) is 29.7 Å². The third-order valence-corrected chi connectivity index (χ3v) is 6.11. The second-order valence-electron chi connectivity index (χ2n) is 8.14. The summed E-state index contributed by atoms with van der Waals surface area (Å²) in [5, 5.41) is 0. The molecular weight excluding hydrogens is 352 g/mol. The van der Waals surface area contributed by atoms with Gasteiger partial charge in [0.2, 0.25) is 6.33 Å². The Balaban J connectivity index is 1.44. The SMILES string of the molecule is C=C[C@@H]1C[C@H](/C=C/CC)CC1c1ccc(C[n+]2ccn(-c3ccccc3)c2)cc1. The largest absolute Gasteiger partial charge is 0.249 e. The molecular formula is C27H31N2+. The molecule has 1 aromatic heterocycles. The van der Waals surface area contributed by atoms with Crippen molar-refractivity contribution in [1.82, 2.24) is 4.57 Å². The summed E-state index contributed by atoms with van der Waals surface area (Å²) in [7, 11) is 0. The van der Waals surface area contributed by atoms with Crippen molar-refractivity contribution in [2.75, 3.05) is 0 Å². The first-order valence-electron chi connectivity index (χ1n) is 10.8. The lowest BCUT2D eigenvalue weighted by atomic mass is 9.88. The fraction of sp³-hybridized carbons (Fsp3) is 0.296. The lowest BCUT2D eigenvalue weighted by Gasteiger charge is -2.16. The van der Waals surface area contributed by atoms with E-state index in [0.29, 0.717) is 17.8 Å². The molecule has 1 aliphatic carbocycles. The number of hydrogen-bond donors (Lipinski definition) is 0. The molecule has 2 nitrogen and oxygen atoms in total. The van der Waals surface area contributed by atoms with Crippen molar-refractivity contribution in [1.29, 1.82) is 0 Å². The highest BCUT2D eigenvalue weighted by molar-refractivity contribution is 5.30. The van der Waals surface area contributed by atoms with Gasteiger partial charge in [-0.25, -0.2) is 9.13 Å². The third kappa shape index (κ3) is 4.59. The summed E-state index contributed by atoms with van der Waals surface area (Å²) in [6, 6.07) is 19.7. The Morgan fingerprint density at radius 1 is 1.07 bits per heavy atom. The van der Waals surface area contributed by atoms with E-state index in [1.54, 1.807) is 0 Å². The summed E-state index contributed by atoms with van der Waals surface area (Å²) in [5.41, 5.74) is 3.98. The molecule has 148 valence electrons. The first-order valence-corrected chi connectivity index (χ1v) is 10.8. The average molecular weight is 384 g/mol. The van der Waals surface area contributed by atoms with Crippen LogP contribution in [0.1, 0.15) is 43.2 Å². The van der Waals surface area contributed by atoms with E-state index in [0.717, 1.165) is 13.0 Å². The molecule has 2 heteroatoms. The zero-order valence-electron chi connectivity index (χ0n) is 17.3. The van der Waals surface area contributed by atoms with Gasteiger partial charge in [0, 0.05) is 0 Å². The smallest absolute Gasteiger partial charge is 0.232 e. The zero-order chi connectivity index (χ0) is 20.1. The van der Waals surface area contributed by atoms with Crippen LogP contribution < -0.4 is 4.57 Å². The number of allylic oxidation sites excluding steroid dienone is 3. The van der Waals surface area contributed by atoms with Crippen LogP contribution in [0.25, 0.3) is 5.69 Å². The van der Waals surface area contributed by atoms with E-state index < -0.39 is 0 Å². The number of benzene rings is 2. The van der Waals surface area contributed by atoms with Crippen molar-refractivity contribution >= 4 is 0 Å². The van der Waals surface area contributed by atoms with Gasteiger partial charge in [-0.2, -0.15) is 0 Å². The van der Waals surface area contributed by atoms with E-state index in [1.807, 2.05) is 6.07 Å². The number of hydrogen-bond acceptors (Lipinski definition) is 0. The predicted molar refractivity (Wildman–Crippen MR) is 120 cm³/mol. The van der Waals surface area contributed by atoms with Crippen molar-refractivity contribution < 1.29 is 4.57 Å². The Labute approximate surface area is 174 Å². The topological polar surface area (TPSA) is 8.81 Å².